The molecule has 0 fully saturated rings. The van der Waals surface area contributed by atoms with Gasteiger partial charge in [0, 0.05) is 12.4 Å². The molecule has 0 saturated carbocycles. The number of ether oxygens (including phenoxy) is 1. The van der Waals surface area contributed by atoms with Gasteiger partial charge in [0.05, 0.1) is 6.61 Å². The first-order valence-electron chi connectivity index (χ1n) is 6.33. The molecule has 1 aromatic rings. The third kappa shape index (κ3) is 6.54. The van der Waals surface area contributed by atoms with Crippen LogP contribution in [0.5, 0.6) is 5.75 Å². The van der Waals surface area contributed by atoms with Crippen molar-refractivity contribution < 1.29 is 4.74 Å². The predicted molar refractivity (Wildman–Crippen MR) is 74.0 cm³/mol. The van der Waals surface area contributed by atoms with Crippen molar-refractivity contribution in [2.24, 2.45) is 0 Å². The third-order valence-electron chi connectivity index (χ3n) is 2.69. The van der Waals surface area contributed by atoms with Crippen LogP contribution in [0, 0.1) is 0 Å². The second-order valence-corrected chi connectivity index (χ2v) is 4.37. The van der Waals surface area contributed by atoms with Gasteiger partial charge in [0.1, 0.15) is 5.75 Å². The minimum atomic E-state index is 0.747. The van der Waals surface area contributed by atoms with Crippen molar-refractivity contribution in [3.8, 4) is 5.75 Å². The second kappa shape index (κ2) is 9.32. The van der Waals surface area contributed by atoms with Crippen LogP contribution in [-0.4, -0.2) is 37.0 Å². The van der Waals surface area contributed by atoms with E-state index < -0.39 is 0 Å². The number of nitrogens with zero attached hydrogens (tertiary/aromatic N) is 1. The summed E-state index contributed by atoms with van der Waals surface area (Å²) in [6, 6.07) is 9.97. The fourth-order valence-corrected chi connectivity index (χ4v) is 1.83. The Labute approximate surface area is 110 Å². The fraction of sp³-hybridized carbons (Fsp3) is 0.571. The first-order valence-corrected chi connectivity index (χ1v) is 6.86. The normalized spacial score (nSPS) is 10.8. The van der Waals surface area contributed by atoms with Gasteiger partial charge in [0.15, 0.2) is 0 Å². The molecule has 0 N–H and O–H groups in total. The van der Waals surface area contributed by atoms with E-state index in [-0.39, 0.29) is 0 Å². The fourth-order valence-electron chi connectivity index (χ4n) is 1.71. The van der Waals surface area contributed by atoms with Crippen molar-refractivity contribution in [3.05, 3.63) is 30.3 Å². The van der Waals surface area contributed by atoms with Gasteiger partial charge < -0.3 is 9.64 Å². The molecule has 0 unspecified atom stereocenters. The molecular weight excluding hydrogens is 234 g/mol. The monoisotopic (exact) mass is 255 g/mol. The zero-order valence-corrected chi connectivity index (χ0v) is 11.3. The number of alkyl halides is 1. The van der Waals surface area contributed by atoms with E-state index in [2.05, 4.69) is 11.8 Å². The highest BCUT2D eigenvalue weighted by Crippen LogP contribution is 2.08. The summed E-state index contributed by atoms with van der Waals surface area (Å²) in [6.07, 6.45) is 2.12. The first kappa shape index (κ1) is 14.3. The lowest BCUT2D eigenvalue weighted by Crippen LogP contribution is -2.27. The van der Waals surface area contributed by atoms with Crippen LogP contribution in [-0.2, 0) is 0 Å². The second-order valence-electron chi connectivity index (χ2n) is 3.99. The van der Waals surface area contributed by atoms with Gasteiger partial charge in [-0.15, -0.1) is 11.6 Å². The predicted octanol–water partition coefficient (Wildman–Crippen LogP) is 3.41. The van der Waals surface area contributed by atoms with Crippen LogP contribution >= 0.6 is 11.6 Å². The molecule has 0 aromatic heterocycles. The van der Waals surface area contributed by atoms with Crippen molar-refractivity contribution in [1.82, 2.24) is 4.90 Å². The van der Waals surface area contributed by atoms with E-state index >= 15 is 0 Å². The average Bonchev–Trinajstić information content (AvgIpc) is 2.39. The van der Waals surface area contributed by atoms with Crippen LogP contribution in [0.4, 0.5) is 0 Å². The molecule has 0 atom stereocenters. The van der Waals surface area contributed by atoms with Gasteiger partial charge in [-0.1, -0.05) is 25.1 Å². The highest BCUT2D eigenvalue weighted by molar-refractivity contribution is 6.17. The van der Waals surface area contributed by atoms with Crippen LogP contribution < -0.4 is 4.74 Å². The zero-order valence-electron chi connectivity index (χ0n) is 10.6. The zero-order chi connectivity index (χ0) is 12.3. The maximum Gasteiger partial charge on any atom is 0.119 e. The van der Waals surface area contributed by atoms with E-state index in [0.29, 0.717) is 0 Å². The molecule has 0 aliphatic heterocycles. The Morgan fingerprint density at radius 2 is 1.82 bits per heavy atom. The van der Waals surface area contributed by atoms with Gasteiger partial charge in [0.25, 0.3) is 0 Å². The summed E-state index contributed by atoms with van der Waals surface area (Å²) in [5.74, 6) is 1.70. The SMILES string of the molecule is CCN(CCCCl)CCCOc1ccccc1. The molecule has 0 saturated heterocycles. The Bertz CT molecular complexity index is 279. The Hall–Kier alpha value is -0.730. The van der Waals surface area contributed by atoms with Gasteiger partial charge >= 0.3 is 0 Å². The maximum atomic E-state index is 5.69. The van der Waals surface area contributed by atoms with Gasteiger partial charge in [-0.25, -0.2) is 0 Å². The Balaban J connectivity index is 2.10. The number of hydrogen-bond acceptors (Lipinski definition) is 2. The van der Waals surface area contributed by atoms with Gasteiger partial charge in [-0.2, -0.15) is 0 Å². The topological polar surface area (TPSA) is 12.5 Å². The third-order valence-corrected chi connectivity index (χ3v) is 2.95. The van der Waals surface area contributed by atoms with Crippen molar-refractivity contribution in [1.29, 1.82) is 0 Å². The minimum Gasteiger partial charge on any atom is -0.494 e. The molecule has 1 rings (SSSR count). The van der Waals surface area contributed by atoms with E-state index in [0.717, 1.165) is 50.7 Å². The summed E-state index contributed by atoms with van der Waals surface area (Å²) in [4.78, 5) is 2.41. The molecule has 2 nitrogen and oxygen atoms in total. The summed E-state index contributed by atoms with van der Waals surface area (Å²) in [5.41, 5.74) is 0. The quantitative estimate of drug-likeness (QED) is 0.495. The average molecular weight is 256 g/mol. The Morgan fingerprint density at radius 1 is 1.12 bits per heavy atom. The van der Waals surface area contributed by atoms with E-state index in [1.807, 2.05) is 30.3 Å². The first-order chi connectivity index (χ1) is 8.36. The molecule has 0 radical (unpaired) electrons. The Kier molecular flexibility index (Phi) is 7.85. The standard InChI is InChI=1S/C14H22ClNO/c1-2-16(11-6-10-15)12-7-13-17-14-8-4-3-5-9-14/h3-5,8-9H,2,6-7,10-13H2,1H3. The molecule has 0 bridgehead atoms. The molecule has 96 valence electrons. The number of para-hydroxylation sites is 1. The summed E-state index contributed by atoms with van der Waals surface area (Å²) in [7, 11) is 0. The summed E-state index contributed by atoms with van der Waals surface area (Å²) < 4.78 is 5.65. The molecule has 0 aliphatic carbocycles. The molecule has 1 aromatic carbocycles. The summed E-state index contributed by atoms with van der Waals surface area (Å²) in [5, 5.41) is 0. The molecule has 17 heavy (non-hydrogen) atoms. The van der Waals surface area contributed by atoms with Crippen LogP contribution in [0.15, 0.2) is 30.3 Å². The smallest absolute Gasteiger partial charge is 0.119 e. The van der Waals surface area contributed by atoms with Crippen LogP contribution in [0.3, 0.4) is 0 Å². The molecule has 0 heterocycles. The molecule has 0 amide bonds. The number of benzene rings is 1. The summed E-state index contributed by atoms with van der Waals surface area (Å²) >= 11 is 5.69. The van der Waals surface area contributed by atoms with Gasteiger partial charge in [0.2, 0.25) is 0 Å². The van der Waals surface area contributed by atoms with E-state index in [1.54, 1.807) is 0 Å². The lowest BCUT2D eigenvalue weighted by atomic mass is 10.3. The van der Waals surface area contributed by atoms with Gasteiger partial charge in [-0.05, 0) is 38.1 Å². The minimum absolute atomic E-state index is 0.747. The van der Waals surface area contributed by atoms with Crippen LogP contribution in [0.1, 0.15) is 19.8 Å². The largest absolute Gasteiger partial charge is 0.494 e. The highest BCUT2D eigenvalue weighted by Gasteiger charge is 2.01. The van der Waals surface area contributed by atoms with Crippen molar-refractivity contribution in [2.75, 3.05) is 32.1 Å². The molecule has 0 spiro atoms. The number of hydrogen-bond donors (Lipinski definition) is 0. The molecular formula is C14H22ClNO. The van der Waals surface area contributed by atoms with E-state index in [4.69, 9.17) is 16.3 Å². The summed E-state index contributed by atoms with van der Waals surface area (Å²) in [6.45, 7) is 6.22. The van der Waals surface area contributed by atoms with Crippen LogP contribution in [0.25, 0.3) is 0 Å². The Morgan fingerprint density at radius 3 is 2.47 bits per heavy atom. The van der Waals surface area contributed by atoms with Crippen LogP contribution in [0.2, 0.25) is 0 Å². The van der Waals surface area contributed by atoms with Crippen molar-refractivity contribution in [3.63, 3.8) is 0 Å². The number of rotatable bonds is 9. The van der Waals surface area contributed by atoms with E-state index in [1.165, 1.54) is 0 Å². The molecule has 0 aliphatic rings. The van der Waals surface area contributed by atoms with Gasteiger partial charge in [-0.3, -0.25) is 0 Å². The highest BCUT2D eigenvalue weighted by atomic mass is 35.5. The number of halogens is 1. The maximum absolute atomic E-state index is 5.69. The van der Waals surface area contributed by atoms with Crippen molar-refractivity contribution >= 4 is 11.6 Å². The lowest BCUT2D eigenvalue weighted by Gasteiger charge is -2.19. The van der Waals surface area contributed by atoms with Crippen molar-refractivity contribution in [2.45, 2.75) is 19.8 Å². The lowest BCUT2D eigenvalue weighted by molar-refractivity contribution is 0.242. The molecule has 3 heteroatoms. The van der Waals surface area contributed by atoms with E-state index in [9.17, 15) is 0 Å².